The van der Waals surface area contributed by atoms with Crippen molar-refractivity contribution in [3.63, 3.8) is 0 Å². The molecule has 1 aromatic rings. The lowest BCUT2D eigenvalue weighted by Gasteiger charge is -2.21. The first-order chi connectivity index (χ1) is 10.2. The molecule has 0 spiro atoms. The highest BCUT2D eigenvalue weighted by molar-refractivity contribution is 5.45. The van der Waals surface area contributed by atoms with Gasteiger partial charge in [-0.15, -0.1) is 0 Å². The molecular weight excluding hydrogens is 268 g/mol. The Morgan fingerprint density at radius 3 is 2.38 bits per heavy atom. The van der Waals surface area contributed by atoms with Gasteiger partial charge in [-0.1, -0.05) is 0 Å². The van der Waals surface area contributed by atoms with Gasteiger partial charge in [-0.25, -0.2) is 0 Å². The summed E-state index contributed by atoms with van der Waals surface area (Å²) in [6.07, 6.45) is 4.22. The number of hydrogen-bond donors (Lipinski definition) is 2. The highest BCUT2D eigenvalue weighted by atomic mass is 16.3. The van der Waals surface area contributed by atoms with Gasteiger partial charge in [0.15, 0.2) is 0 Å². The molecule has 1 aliphatic carbocycles. The summed E-state index contributed by atoms with van der Waals surface area (Å²) in [5.74, 6) is 2.59. The minimum Gasteiger partial charge on any atom is -0.393 e. The van der Waals surface area contributed by atoms with Crippen LogP contribution < -0.4 is 15.5 Å². The van der Waals surface area contributed by atoms with E-state index in [0.717, 1.165) is 39.0 Å². The van der Waals surface area contributed by atoms with Crippen LogP contribution in [0.4, 0.5) is 17.8 Å². The maximum atomic E-state index is 10.0. The van der Waals surface area contributed by atoms with Crippen molar-refractivity contribution in [2.45, 2.75) is 31.8 Å². The fourth-order valence-electron chi connectivity index (χ4n) is 3.97. The number of rotatable bonds is 2. The molecule has 4 rings (SSSR count). The SMILES string of the molecule is Nc1nc(N2CCCC2)nc(N2CC3CCC(O)C3C2)n1. The van der Waals surface area contributed by atoms with Gasteiger partial charge in [-0.05, 0) is 31.6 Å². The van der Waals surface area contributed by atoms with E-state index in [4.69, 9.17) is 5.73 Å². The van der Waals surface area contributed by atoms with Gasteiger partial charge in [0.2, 0.25) is 17.8 Å². The van der Waals surface area contributed by atoms with Crippen molar-refractivity contribution in [2.24, 2.45) is 11.8 Å². The lowest BCUT2D eigenvalue weighted by molar-refractivity contribution is 0.133. The summed E-state index contributed by atoms with van der Waals surface area (Å²) >= 11 is 0. The van der Waals surface area contributed by atoms with Crippen molar-refractivity contribution in [3.8, 4) is 0 Å². The topological polar surface area (TPSA) is 91.4 Å². The van der Waals surface area contributed by atoms with E-state index < -0.39 is 0 Å². The van der Waals surface area contributed by atoms with Crippen molar-refractivity contribution in [3.05, 3.63) is 0 Å². The summed E-state index contributed by atoms with van der Waals surface area (Å²) in [5, 5.41) is 10.0. The van der Waals surface area contributed by atoms with Gasteiger partial charge in [-0.2, -0.15) is 15.0 Å². The maximum absolute atomic E-state index is 10.0. The zero-order chi connectivity index (χ0) is 14.4. The second kappa shape index (κ2) is 4.98. The van der Waals surface area contributed by atoms with Crippen LogP contribution in [0.2, 0.25) is 0 Å². The zero-order valence-electron chi connectivity index (χ0n) is 12.1. The molecule has 3 fully saturated rings. The van der Waals surface area contributed by atoms with E-state index in [-0.39, 0.29) is 6.10 Å². The molecule has 1 aromatic heterocycles. The van der Waals surface area contributed by atoms with E-state index >= 15 is 0 Å². The Kier molecular flexibility index (Phi) is 3.10. The molecule has 21 heavy (non-hydrogen) atoms. The molecule has 7 heteroatoms. The monoisotopic (exact) mass is 290 g/mol. The number of nitrogen functional groups attached to an aromatic ring is 1. The van der Waals surface area contributed by atoms with Crippen LogP contribution in [0.3, 0.4) is 0 Å². The van der Waals surface area contributed by atoms with Gasteiger partial charge in [0.1, 0.15) is 0 Å². The third-order valence-electron chi connectivity index (χ3n) is 5.12. The summed E-state index contributed by atoms with van der Waals surface area (Å²) in [7, 11) is 0. The number of aliphatic hydroxyl groups is 1. The minimum absolute atomic E-state index is 0.169. The Balaban J connectivity index is 1.57. The summed E-state index contributed by atoms with van der Waals surface area (Å²) in [5.41, 5.74) is 5.87. The number of nitrogens with zero attached hydrogens (tertiary/aromatic N) is 5. The summed E-state index contributed by atoms with van der Waals surface area (Å²) in [4.78, 5) is 17.5. The first-order valence-electron chi connectivity index (χ1n) is 7.90. The molecule has 0 bridgehead atoms. The highest BCUT2D eigenvalue weighted by Crippen LogP contribution is 2.39. The molecule has 3 unspecified atom stereocenters. The van der Waals surface area contributed by atoms with Crippen LogP contribution in [0.15, 0.2) is 0 Å². The summed E-state index contributed by atoms with van der Waals surface area (Å²) < 4.78 is 0. The quantitative estimate of drug-likeness (QED) is 0.807. The van der Waals surface area contributed by atoms with Gasteiger partial charge in [0.05, 0.1) is 6.10 Å². The highest BCUT2D eigenvalue weighted by Gasteiger charge is 2.42. The van der Waals surface area contributed by atoms with Gasteiger partial charge in [-0.3, -0.25) is 0 Å². The predicted octanol–water partition coefficient (Wildman–Crippen LogP) is 0.261. The molecule has 2 saturated heterocycles. The standard InChI is InChI=1S/C14H22N6O/c15-12-16-13(19-5-1-2-6-19)18-14(17-12)20-7-9-3-4-11(21)10(9)8-20/h9-11,21H,1-8H2,(H2,15,16,17,18). The number of hydrogen-bond acceptors (Lipinski definition) is 7. The molecule has 3 atom stereocenters. The van der Waals surface area contributed by atoms with Crippen molar-refractivity contribution in [2.75, 3.05) is 41.7 Å². The van der Waals surface area contributed by atoms with Gasteiger partial charge in [0, 0.05) is 32.1 Å². The van der Waals surface area contributed by atoms with Crippen LogP contribution in [-0.2, 0) is 0 Å². The molecule has 114 valence electrons. The van der Waals surface area contributed by atoms with E-state index in [1.54, 1.807) is 0 Å². The average molecular weight is 290 g/mol. The van der Waals surface area contributed by atoms with E-state index in [2.05, 4.69) is 24.8 Å². The Morgan fingerprint density at radius 2 is 1.67 bits per heavy atom. The molecule has 0 aromatic carbocycles. The number of anilines is 3. The molecule has 3 N–H and O–H groups in total. The average Bonchev–Trinajstić information content (AvgIpc) is 3.17. The number of nitrogens with two attached hydrogens (primary N) is 1. The van der Waals surface area contributed by atoms with Gasteiger partial charge >= 0.3 is 0 Å². The molecule has 3 aliphatic rings. The van der Waals surface area contributed by atoms with Crippen LogP contribution in [-0.4, -0.2) is 52.3 Å². The predicted molar refractivity (Wildman–Crippen MR) is 80.1 cm³/mol. The minimum atomic E-state index is -0.169. The fourth-order valence-corrected chi connectivity index (χ4v) is 3.97. The molecule has 0 radical (unpaired) electrons. The smallest absolute Gasteiger partial charge is 0.231 e. The number of aromatic nitrogens is 3. The van der Waals surface area contributed by atoms with Crippen LogP contribution in [0.1, 0.15) is 25.7 Å². The molecule has 2 aliphatic heterocycles. The van der Waals surface area contributed by atoms with Crippen LogP contribution in [0.25, 0.3) is 0 Å². The third kappa shape index (κ3) is 2.29. The normalized spacial score (nSPS) is 32.0. The molecular formula is C14H22N6O. The summed E-state index contributed by atoms with van der Waals surface area (Å²) in [6, 6.07) is 0. The molecule has 7 nitrogen and oxygen atoms in total. The Morgan fingerprint density at radius 1 is 0.952 bits per heavy atom. The van der Waals surface area contributed by atoms with Gasteiger partial charge < -0.3 is 20.6 Å². The Bertz CT molecular complexity index is 532. The Labute approximate surface area is 124 Å². The van der Waals surface area contributed by atoms with E-state index in [0.29, 0.717) is 29.7 Å². The molecule has 3 heterocycles. The lowest BCUT2D eigenvalue weighted by Crippen LogP contribution is -2.28. The maximum Gasteiger partial charge on any atom is 0.231 e. The second-order valence-electron chi connectivity index (χ2n) is 6.46. The second-order valence-corrected chi connectivity index (χ2v) is 6.46. The largest absolute Gasteiger partial charge is 0.393 e. The van der Waals surface area contributed by atoms with E-state index in [9.17, 15) is 5.11 Å². The fraction of sp³-hybridized carbons (Fsp3) is 0.786. The first-order valence-corrected chi connectivity index (χ1v) is 7.90. The van der Waals surface area contributed by atoms with Crippen LogP contribution in [0.5, 0.6) is 0 Å². The zero-order valence-corrected chi connectivity index (χ0v) is 12.1. The first kappa shape index (κ1) is 13.1. The van der Waals surface area contributed by atoms with Crippen molar-refractivity contribution >= 4 is 17.8 Å². The van der Waals surface area contributed by atoms with Crippen molar-refractivity contribution < 1.29 is 5.11 Å². The lowest BCUT2D eigenvalue weighted by atomic mass is 10.00. The summed E-state index contributed by atoms with van der Waals surface area (Å²) in [6.45, 7) is 3.74. The van der Waals surface area contributed by atoms with Crippen molar-refractivity contribution in [1.29, 1.82) is 0 Å². The molecule has 1 saturated carbocycles. The van der Waals surface area contributed by atoms with Crippen LogP contribution >= 0.6 is 0 Å². The Hall–Kier alpha value is -1.63. The molecule has 0 amide bonds. The van der Waals surface area contributed by atoms with Gasteiger partial charge in [0.25, 0.3) is 0 Å². The third-order valence-corrected chi connectivity index (χ3v) is 5.12. The van der Waals surface area contributed by atoms with E-state index in [1.165, 1.54) is 12.8 Å². The number of fused-ring (bicyclic) bond motifs is 1. The van der Waals surface area contributed by atoms with E-state index in [1.807, 2.05) is 0 Å². The van der Waals surface area contributed by atoms with Crippen LogP contribution in [0, 0.1) is 11.8 Å². The number of aliphatic hydroxyl groups excluding tert-OH is 1. The van der Waals surface area contributed by atoms with Crippen molar-refractivity contribution in [1.82, 2.24) is 15.0 Å².